The Kier molecular flexibility index (Phi) is 5.68. The number of ether oxygens (including phenoxy) is 1. The molecule has 1 amide bonds. The first-order chi connectivity index (χ1) is 17.2. The van der Waals surface area contributed by atoms with Crippen molar-refractivity contribution in [2.45, 2.75) is 33.1 Å². The molecule has 9 heteroatoms. The van der Waals surface area contributed by atoms with E-state index in [1.54, 1.807) is 35.0 Å². The molecule has 3 aromatic heterocycles. The van der Waals surface area contributed by atoms with Gasteiger partial charge in [-0.25, -0.2) is 14.5 Å². The van der Waals surface area contributed by atoms with Crippen molar-refractivity contribution in [3.8, 4) is 17.2 Å². The Hall–Kier alpha value is -4.66. The number of pyridine rings is 1. The maximum Gasteiger partial charge on any atom is 0.325 e. The molecule has 0 aliphatic rings. The van der Waals surface area contributed by atoms with Crippen LogP contribution in [-0.2, 0) is 5.41 Å². The van der Waals surface area contributed by atoms with E-state index in [-0.39, 0.29) is 17.0 Å². The molecule has 0 unspecified atom stereocenters. The Morgan fingerprint density at radius 1 is 1.03 bits per heavy atom. The Morgan fingerprint density at radius 2 is 1.81 bits per heavy atom. The van der Waals surface area contributed by atoms with Gasteiger partial charge < -0.3 is 15.0 Å². The zero-order valence-electron chi connectivity index (χ0n) is 20.4. The van der Waals surface area contributed by atoms with Gasteiger partial charge >= 0.3 is 5.69 Å². The van der Waals surface area contributed by atoms with E-state index in [2.05, 4.69) is 41.0 Å². The number of H-pyrrole nitrogens is 2. The van der Waals surface area contributed by atoms with Crippen molar-refractivity contribution in [1.82, 2.24) is 24.7 Å². The first kappa shape index (κ1) is 23.1. The maximum atomic E-state index is 13.3. The molecule has 9 nitrogen and oxygen atoms in total. The normalized spacial score (nSPS) is 11.6. The van der Waals surface area contributed by atoms with E-state index in [0.29, 0.717) is 34.0 Å². The summed E-state index contributed by atoms with van der Waals surface area (Å²) in [6.07, 6.45) is 1.54. The lowest BCUT2D eigenvalue weighted by Gasteiger charge is -2.14. The molecule has 0 spiro atoms. The van der Waals surface area contributed by atoms with Gasteiger partial charge in [0.05, 0.1) is 11.4 Å². The standard InChI is InChI=1S/C27H26N6O3/c1-16-8-10-18(11-9-16)33-22(15-21(32-33)27(2,3)4)29-25(34)17-6-5-7-19(14-17)36-20-12-13-28-24-23(20)30-26(35)31-24/h5-15H,1-4H3,(H,29,34)(H2,28,30,31,35). The number of anilines is 1. The predicted molar refractivity (Wildman–Crippen MR) is 138 cm³/mol. The van der Waals surface area contributed by atoms with Crippen LogP contribution in [0.3, 0.4) is 0 Å². The Balaban J connectivity index is 1.44. The number of hydrogen-bond acceptors (Lipinski definition) is 5. The SMILES string of the molecule is Cc1ccc(-n2nc(C(C)(C)C)cc2NC(=O)c2cccc(Oc3ccnc4[nH]c(=O)[nH]c34)c2)cc1. The molecule has 0 aliphatic heterocycles. The second-order valence-corrected chi connectivity index (χ2v) is 9.61. The lowest BCUT2D eigenvalue weighted by atomic mass is 9.92. The molecule has 3 N–H and O–H groups in total. The molecule has 2 aromatic carbocycles. The molecule has 5 aromatic rings. The summed E-state index contributed by atoms with van der Waals surface area (Å²) in [5.74, 6) is 1.13. The number of aromatic nitrogens is 5. The van der Waals surface area contributed by atoms with Gasteiger partial charge in [-0.3, -0.25) is 9.78 Å². The summed E-state index contributed by atoms with van der Waals surface area (Å²) < 4.78 is 7.72. The fraction of sp³-hybridized carbons (Fsp3) is 0.185. The average Bonchev–Trinajstić information content (AvgIpc) is 3.43. The van der Waals surface area contributed by atoms with Crippen LogP contribution in [0, 0.1) is 6.92 Å². The second-order valence-electron chi connectivity index (χ2n) is 9.61. The van der Waals surface area contributed by atoms with Crippen LogP contribution in [0.2, 0.25) is 0 Å². The van der Waals surface area contributed by atoms with Crippen LogP contribution in [-0.4, -0.2) is 30.6 Å². The predicted octanol–water partition coefficient (Wildman–Crippen LogP) is 5.09. The van der Waals surface area contributed by atoms with Gasteiger partial charge in [-0.1, -0.05) is 44.5 Å². The van der Waals surface area contributed by atoms with Gasteiger partial charge in [0.15, 0.2) is 11.4 Å². The van der Waals surface area contributed by atoms with Crippen molar-refractivity contribution in [2.75, 3.05) is 5.32 Å². The molecule has 0 bridgehead atoms. The zero-order chi connectivity index (χ0) is 25.4. The number of fused-ring (bicyclic) bond motifs is 1. The molecule has 0 aliphatic carbocycles. The lowest BCUT2D eigenvalue weighted by molar-refractivity contribution is 0.102. The van der Waals surface area contributed by atoms with Crippen LogP contribution >= 0.6 is 0 Å². The third-order valence-corrected chi connectivity index (χ3v) is 5.71. The monoisotopic (exact) mass is 482 g/mol. The van der Waals surface area contributed by atoms with E-state index >= 15 is 0 Å². The highest BCUT2D eigenvalue weighted by atomic mass is 16.5. The van der Waals surface area contributed by atoms with Crippen LogP contribution in [0.15, 0.2) is 71.7 Å². The van der Waals surface area contributed by atoms with E-state index < -0.39 is 0 Å². The maximum absolute atomic E-state index is 13.3. The molecular formula is C27H26N6O3. The highest BCUT2D eigenvalue weighted by Gasteiger charge is 2.22. The molecule has 182 valence electrons. The number of rotatable bonds is 5. The number of carbonyl (C=O) groups is 1. The van der Waals surface area contributed by atoms with Crippen molar-refractivity contribution in [1.29, 1.82) is 0 Å². The van der Waals surface area contributed by atoms with Gasteiger partial charge in [0.25, 0.3) is 5.91 Å². The van der Waals surface area contributed by atoms with E-state index in [0.717, 1.165) is 16.9 Å². The lowest BCUT2D eigenvalue weighted by Crippen LogP contribution is -2.15. The fourth-order valence-electron chi connectivity index (χ4n) is 3.73. The number of imidazole rings is 1. The van der Waals surface area contributed by atoms with Gasteiger partial charge in [0.2, 0.25) is 0 Å². The average molecular weight is 483 g/mol. The number of amides is 1. The van der Waals surface area contributed by atoms with E-state index in [1.807, 2.05) is 37.3 Å². The topological polar surface area (TPSA) is 118 Å². The molecule has 0 saturated carbocycles. The van der Waals surface area contributed by atoms with Crippen molar-refractivity contribution in [2.24, 2.45) is 0 Å². The van der Waals surface area contributed by atoms with Gasteiger partial charge in [0.1, 0.15) is 17.1 Å². The summed E-state index contributed by atoms with van der Waals surface area (Å²) in [6, 6.07) is 18.3. The molecule has 0 atom stereocenters. The van der Waals surface area contributed by atoms with Crippen molar-refractivity contribution in [3.63, 3.8) is 0 Å². The number of aromatic amines is 2. The molecular weight excluding hydrogens is 456 g/mol. The largest absolute Gasteiger partial charge is 0.455 e. The Bertz CT molecular complexity index is 1620. The molecule has 36 heavy (non-hydrogen) atoms. The van der Waals surface area contributed by atoms with Crippen LogP contribution in [0.5, 0.6) is 11.5 Å². The molecule has 0 fully saturated rings. The third-order valence-electron chi connectivity index (χ3n) is 5.71. The second kappa shape index (κ2) is 8.84. The number of hydrogen-bond donors (Lipinski definition) is 3. The summed E-state index contributed by atoms with van der Waals surface area (Å²) in [6.45, 7) is 8.26. The van der Waals surface area contributed by atoms with Crippen LogP contribution in [0.4, 0.5) is 5.82 Å². The fourth-order valence-corrected chi connectivity index (χ4v) is 3.73. The van der Waals surface area contributed by atoms with Crippen LogP contribution in [0.1, 0.15) is 42.4 Å². The summed E-state index contributed by atoms with van der Waals surface area (Å²) in [5.41, 5.74) is 3.54. The van der Waals surface area contributed by atoms with Crippen molar-refractivity contribution < 1.29 is 9.53 Å². The van der Waals surface area contributed by atoms with E-state index in [4.69, 9.17) is 9.84 Å². The third kappa shape index (κ3) is 4.63. The minimum absolute atomic E-state index is 0.196. The highest BCUT2D eigenvalue weighted by Crippen LogP contribution is 2.29. The summed E-state index contributed by atoms with van der Waals surface area (Å²) in [7, 11) is 0. The highest BCUT2D eigenvalue weighted by molar-refractivity contribution is 6.04. The first-order valence-corrected chi connectivity index (χ1v) is 11.5. The zero-order valence-corrected chi connectivity index (χ0v) is 20.4. The van der Waals surface area contributed by atoms with E-state index in [9.17, 15) is 9.59 Å². The Labute approximate surface area is 207 Å². The minimum atomic E-state index is -0.374. The quantitative estimate of drug-likeness (QED) is 0.323. The minimum Gasteiger partial charge on any atom is -0.455 e. The van der Waals surface area contributed by atoms with Gasteiger partial charge in [-0.2, -0.15) is 5.10 Å². The first-order valence-electron chi connectivity index (χ1n) is 11.5. The number of aryl methyl sites for hydroxylation is 1. The smallest absolute Gasteiger partial charge is 0.325 e. The molecule has 0 radical (unpaired) electrons. The number of nitrogens with one attached hydrogen (secondary N) is 3. The number of nitrogens with zero attached hydrogens (tertiary/aromatic N) is 3. The van der Waals surface area contributed by atoms with E-state index in [1.165, 1.54) is 6.20 Å². The summed E-state index contributed by atoms with van der Waals surface area (Å²) in [5, 5.41) is 7.77. The van der Waals surface area contributed by atoms with Gasteiger partial charge in [0, 0.05) is 29.3 Å². The molecule has 5 rings (SSSR count). The Morgan fingerprint density at radius 3 is 2.56 bits per heavy atom. The van der Waals surface area contributed by atoms with Crippen molar-refractivity contribution in [3.05, 3.63) is 94.2 Å². The molecule has 0 saturated heterocycles. The van der Waals surface area contributed by atoms with Gasteiger partial charge in [-0.05, 0) is 37.3 Å². The van der Waals surface area contributed by atoms with Gasteiger partial charge in [-0.15, -0.1) is 0 Å². The summed E-state index contributed by atoms with van der Waals surface area (Å²) in [4.78, 5) is 34.3. The number of carbonyl (C=O) groups excluding carboxylic acids is 1. The van der Waals surface area contributed by atoms with Crippen LogP contribution in [0.25, 0.3) is 16.9 Å². The molecule has 3 heterocycles. The van der Waals surface area contributed by atoms with Crippen molar-refractivity contribution >= 4 is 22.9 Å². The number of benzene rings is 2. The summed E-state index contributed by atoms with van der Waals surface area (Å²) >= 11 is 0. The van der Waals surface area contributed by atoms with Crippen LogP contribution < -0.4 is 15.7 Å².